The number of benzene rings is 2. The first-order valence-corrected chi connectivity index (χ1v) is 6.06. The summed E-state index contributed by atoms with van der Waals surface area (Å²) in [5.41, 5.74) is 1.51. The van der Waals surface area contributed by atoms with E-state index in [-0.39, 0.29) is 11.1 Å². The molecule has 2 rings (SSSR count). The monoisotopic (exact) mass is 268 g/mol. The molecule has 0 fully saturated rings. The van der Waals surface area contributed by atoms with Gasteiger partial charge in [0.1, 0.15) is 11.6 Å². The molecule has 3 nitrogen and oxygen atoms in total. The minimum absolute atomic E-state index is 0.222. The minimum atomic E-state index is -0.516. The number of aliphatic imine (C=N–C) groups is 1. The molecule has 100 valence electrons. The Morgan fingerprint density at radius 1 is 1.30 bits per heavy atom. The molecule has 0 saturated heterocycles. The number of hydrogen-bond donors (Lipinski definition) is 0. The number of nitrogens with zero attached hydrogens (tertiary/aromatic N) is 2. The minimum Gasteiger partial charge on any atom is -0.496 e. The second kappa shape index (κ2) is 6.48. The zero-order chi connectivity index (χ0) is 14.4. The van der Waals surface area contributed by atoms with Gasteiger partial charge in [-0.3, -0.25) is 4.99 Å². The van der Waals surface area contributed by atoms with Crippen LogP contribution in [0.2, 0.25) is 0 Å². The van der Waals surface area contributed by atoms with Crippen LogP contribution >= 0.6 is 0 Å². The summed E-state index contributed by atoms with van der Waals surface area (Å²) in [6.07, 6.45) is 1.43. The smallest absolute Gasteiger partial charge is 0.137 e. The van der Waals surface area contributed by atoms with Gasteiger partial charge in [-0.1, -0.05) is 30.3 Å². The molecular weight excluding hydrogens is 255 g/mol. The maximum atomic E-state index is 13.9. The van der Waals surface area contributed by atoms with E-state index >= 15 is 0 Å². The summed E-state index contributed by atoms with van der Waals surface area (Å²) in [6.45, 7) is 0.462. The van der Waals surface area contributed by atoms with E-state index in [1.165, 1.54) is 25.5 Å². The molecule has 0 unspecified atom stereocenters. The van der Waals surface area contributed by atoms with Gasteiger partial charge in [0.15, 0.2) is 0 Å². The zero-order valence-electron chi connectivity index (χ0n) is 11.0. The quantitative estimate of drug-likeness (QED) is 0.798. The number of halogens is 1. The summed E-state index contributed by atoms with van der Waals surface area (Å²) in [4.78, 5) is 4.21. The summed E-state index contributed by atoms with van der Waals surface area (Å²) in [7, 11) is 1.43. The maximum Gasteiger partial charge on any atom is 0.137 e. The van der Waals surface area contributed by atoms with Crippen molar-refractivity contribution >= 4 is 6.21 Å². The second-order valence-corrected chi connectivity index (χ2v) is 4.14. The van der Waals surface area contributed by atoms with E-state index in [4.69, 9.17) is 10.00 Å². The first-order valence-electron chi connectivity index (χ1n) is 6.06. The van der Waals surface area contributed by atoms with Gasteiger partial charge in [-0.05, 0) is 17.7 Å². The van der Waals surface area contributed by atoms with Crippen LogP contribution in [-0.4, -0.2) is 13.3 Å². The Kier molecular flexibility index (Phi) is 4.46. The van der Waals surface area contributed by atoms with Crippen molar-refractivity contribution in [3.05, 3.63) is 65.0 Å². The standard InChI is InChI=1S/C16H13FN2O/c1-20-16-8-13(9-18)7-15(17)14(16)11-19-10-12-5-3-2-4-6-12/h2-8,11H,10H2,1H3. The Labute approximate surface area is 117 Å². The summed E-state index contributed by atoms with van der Waals surface area (Å²) < 4.78 is 19.0. The van der Waals surface area contributed by atoms with Gasteiger partial charge in [0.25, 0.3) is 0 Å². The van der Waals surface area contributed by atoms with Gasteiger partial charge in [0.2, 0.25) is 0 Å². The molecule has 0 aliphatic heterocycles. The van der Waals surface area contributed by atoms with Crippen molar-refractivity contribution in [2.45, 2.75) is 6.54 Å². The largest absolute Gasteiger partial charge is 0.496 e. The van der Waals surface area contributed by atoms with Crippen molar-refractivity contribution in [3.63, 3.8) is 0 Å². The Morgan fingerprint density at radius 2 is 2.05 bits per heavy atom. The number of methoxy groups -OCH3 is 1. The molecule has 0 spiro atoms. The lowest BCUT2D eigenvalue weighted by atomic mass is 10.1. The van der Waals surface area contributed by atoms with Crippen LogP contribution in [0.1, 0.15) is 16.7 Å². The summed E-state index contributed by atoms with van der Waals surface area (Å²) in [5, 5.41) is 8.79. The first kappa shape index (κ1) is 13.8. The Balaban J connectivity index is 2.23. The van der Waals surface area contributed by atoms with E-state index in [9.17, 15) is 4.39 Å². The highest BCUT2D eigenvalue weighted by molar-refractivity contribution is 5.84. The lowest BCUT2D eigenvalue weighted by Crippen LogP contribution is -1.97. The van der Waals surface area contributed by atoms with E-state index in [1.807, 2.05) is 36.4 Å². The Morgan fingerprint density at radius 3 is 2.70 bits per heavy atom. The molecule has 0 aromatic heterocycles. The van der Waals surface area contributed by atoms with Crippen LogP contribution in [0.25, 0.3) is 0 Å². The van der Waals surface area contributed by atoms with Crippen molar-refractivity contribution in [1.29, 1.82) is 5.26 Å². The summed E-state index contributed by atoms with van der Waals surface area (Å²) in [6, 6.07) is 14.2. The third kappa shape index (κ3) is 3.21. The fourth-order valence-corrected chi connectivity index (χ4v) is 1.78. The van der Waals surface area contributed by atoms with E-state index in [2.05, 4.69) is 4.99 Å². The molecule has 0 amide bonds. The zero-order valence-corrected chi connectivity index (χ0v) is 11.0. The van der Waals surface area contributed by atoms with Gasteiger partial charge in [0.05, 0.1) is 30.9 Å². The Hall–Kier alpha value is -2.67. The highest BCUT2D eigenvalue weighted by Crippen LogP contribution is 2.22. The summed E-state index contributed by atoms with van der Waals surface area (Å²) >= 11 is 0. The predicted octanol–water partition coefficient (Wildman–Crippen LogP) is 3.33. The lowest BCUT2D eigenvalue weighted by molar-refractivity contribution is 0.410. The number of ether oxygens (including phenoxy) is 1. The van der Waals surface area contributed by atoms with Crippen LogP contribution in [0, 0.1) is 17.1 Å². The highest BCUT2D eigenvalue weighted by atomic mass is 19.1. The van der Waals surface area contributed by atoms with Crippen molar-refractivity contribution < 1.29 is 9.13 Å². The molecule has 0 radical (unpaired) electrons. The van der Waals surface area contributed by atoms with Crippen LogP contribution in [-0.2, 0) is 6.54 Å². The third-order valence-corrected chi connectivity index (χ3v) is 2.78. The molecule has 0 saturated carbocycles. The van der Waals surface area contributed by atoms with Gasteiger partial charge in [0, 0.05) is 6.21 Å². The maximum absolute atomic E-state index is 13.9. The van der Waals surface area contributed by atoms with E-state index < -0.39 is 5.82 Å². The fourth-order valence-electron chi connectivity index (χ4n) is 1.78. The SMILES string of the molecule is COc1cc(C#N)cc(F)c1C=NCc1ccccc1. The fraction of sp³-hybridized carbons (Fsp3) is 0.125. The molecule has 0 bridgehead atoms. The molecule has 0 N–H and O–H groups in total. The number of nitriles is 1. The van der Waals surface area contributed by atoms with Crippen LogP contribution in [0.5, 0.6) is 5.75 Å². The van der Waals surface area contributed by atoms with Crippen LogP contribution < -0.4 is 4.74 Å². The molecule has 20 heavy (non-hydrogen) atoms. The van der Waals surface area contributed by atoms with Crippen molar-refractivity contribution in [2.24, 2.45) is 4.99 Å². The molecule has 4 heteroatoms. The van der Waals surface area contributed by atoms with E-state index in [0.717, 1.165) is 5.56 Å². The normalized spacial score (nSPS) is 10.4. The van der Waals surface area contributed by atoms with Crippen LogP contribution in [0.3, 0.4) is 0 Å². The molecular formula is C16H13FN2O. The molecule has 0 heterocycles. The van der Waals surface area contributed by atoms with Gasteiger partial charge < -0.3 is 4.74 Å². The third-order valence-electron chi connectivity index (χ3n) is 2.78. The summed E-state index contributed by atoms with van der Waals surface area (Å²) in [5.74, 6) is -0.212. The molecule has 0 aliphatic rings. The predicted molar refractivity (Wildman–Crippen MR) is 75.4 cm³/mol. The Bertz CT molecular complexity index is 660. The molecule has 0 atom stereocenters. The second-order valence-electron chi connectivity index (χ2n) is 4.14. The van der Waals surface area contributed by atoms with Gasteiger partial charge >= 0.3 is 0 Å². The number of rotatable bonds is 4. The van der Waals surface area contributed by atoms with Crippen molar-refractivity contribution in [2.75, 3.05) is 7.11 Å². The number of hydrogen-bond acceptors (Lipinski definition) is 3. The van der Waals surface area contributed by atoms with Crippen molar-refractivity contribution in [1.82, 2.24) is 0 Å². The molecule has 2 aromatic rings. The lowest BCUT2D eigenvalue weighted by Gasteiger charge is -2.06. The molecule has 0 aliphatic carbocycles. The van der Waals surface area contributed by atoms with Crippen LogP contribution in [0.4, 0.5) is 4.39 Å². The van der Waals surface area contributed by atoms with E-state index in [0.29, 0.717) is 12.3 Å². The van der Waals surface area contributed by atoms with Crippen molar-refractivity contribution in [3.8, 4) is 11.8 Å². The molecule has 2 aromatic carbocycles. The first-order chi connectivity index (χ1) is 9.74. The van der Waals surface area contributed by atoms with Crippen LogP contribution in [0.15, 0.2) is 47.5 Å². The average Bonchev–Trinajstić information content (AvgIpc) is 2.49. The highest BCUT2D eigenvalue weighted by Gasteiger charge is 2.09. The van der Waals surface area contributed by atoms with Gasteiger partial charge in [-0.2, -0.15) is 5.26 Å². The average molecular weight is 268 g/mol. The van der Waals surface area contributed by atoms with Gasteiger partial charge in [-0.25, -0.2) is 4.39 Å². The topological polar surface area (TPSA) is 45.4 Å². The van der Waals surface area contributed by atoms with E-state index in [1.54, 1.807) is 0 Å². The van der Waals surface area contributed by atoms with Gasteiger partial charge in [-0.15, -0.1) is 0 Å².